The topological polar surface area (TPSA) is 79.7 Å². The average molecular weight is 419 g/mol. The minimum Gasteiger partial charge on any atom is -0.317 e. The van der Waals surface area contributed by atoms with Crippen LogP contribution < -0.4 is 5.32 Å². The molecule has 4 rings (SSSR count). The average Bonchev–Trinajstić information content (AvgIpc) is 2.99. The normalized spacial score (nSPS) is 21.2. The van der Waals surface area contributed by atoms with Crippen LogP contribution >= 0.6 is 0 Å². The fourth-order valence-corrected chi connectivity index (χ4v) is 3.88. The van der Waals surface area contributed by atoms with Gasteiger partial charge in [-0.25, -0.2) is 18.6 Å². The molecule has 0 saturated heterocycles. The molecule has 0 spiro atoms. The molecule has 0 fully saturated rings. The van der Waals surface area contributed by atoms with Crippen LogP contribution in [0.3, 0.4) is 0 Å². The van der Waals surface area contributed by atoms with Crippen LogP contribution in [0.4, 0.5) is 19.3 Å². The van der Waals surface area contributed by atoms with Crippen LogP contribution in [0.25, 0.3) is 0 Å². The Morgan fingerprint density at radius 1 is 1.40 bits per heavy atom. The maximum atomic E-state index is 13.5. The van der Waals surface area contributed by atoms with E-state index in [0.29, 0.717) is 28.9 Å². The molecule has 0 bridgehead atoms. The van der Waals surface area contributed by atoms with Crippen LogP contribution in [0.15, 0.2) is 18.2 Å². The quantitative estimate of drug-likeness (QED) is 0.812. The van der Waals surface area contributed by atoms with Crippen LogP contribution in [-0.4, -0.2) is 57.5 Å². The molecule has 30 heavy (non-hydrogen) atoms. The molecule has 10 heteroatoms. The summed E-state index contributed by atoms with van der Waals surface area (Å²) in [5.74, 6) is -0.772. The summed E-state index contributed by atoms with van der Waals surface area (Å²) in [5.41, 5.74) is 2.59. The van der Waals surface area contributed by atoms with Gasteiger partial charge in [0.2, 0.25) is 0 Å². The number of nitrogens with zero attached hydrogens (tertiary/aromatic N) is 4. The molecular formula is C20H23F2N5O3. The molecule has 1 N–H and O–H groups in total. The van der Waals surface area contributed by atoms with Gasteiger partial charge in [-0.2, -0.15) is 5.10 Å². The number of aryl methyl sites for hydroxylation is 1. The van der Waals surface area contributed by atoms with Crippen LogP contribution in [0.5, 0.6) is 0 Å². The van der Waals surface area contributed by atoms with Gasteiger partial charge in [0.25, 0.3) is 5.91 Å². The second-order valence-electron chi connectivity index (χ2n) is 7.72. The first-order chi connectivity index (χ1) is 14.3. The van der Waals surface area contributed by atoms with Gasteiger partial charge >= 0.3 is 6.03 Å². The maximum absolute atomic E-state index is 13.5. The van der Waals surface area contributed by atoms with E-state index >= 15 is 0 Å². The molecule has 1 aromatic heterocycles. The molecule has 3 heterocycles. The third-order valence-corrected chi connectivity index (χ3v) is 5.50. The number of benzene rings is 1. The number of carbonyl (C=O) groups excluding carboxylic acids is 2. The maximum Gasteiger partial charge on any atom is 0.322 e. The second-order valence-corrected chi connectivity index (χ2v) is 7.72. The van der Waals surface area contributed by atoms with Crippen LogP contribution in [0.2, 0.25) is 0 Å². The van der Waals surface area contributed by atoms with Gasteiger partial charge in [-0.15, -0.1) is 0 Å². The smallest absolute Gasteiger partial charge is 0.317 e. The van der Waals surface area contributed by atoms with E-state index in [1.54, 1.807) is 17.9 Å². The van der Waals surface area contributed by atoms with E-state index in [0.717, 1.165) is 10.8 Å². The summed E-state index contributed by atoms with van der Waals surface area (Å²) in [4.78, 5) is 32.7. The monoisotopic (exact) mass is 419 g/mol. The van der Waals surface area contributed by atoms with Crippen molar-refractivity contribution in [3.05, 3.63) is 46.5 Å². The zero-order valence-electron chi connectivity index (χ0n) is 17.0. The van der Waals surface area contributed by atoms with Crippen LogP contribution in [0, 0.1) is 12.7 Å². The van der Waals surface area contributed by atoms with Gasteiger partial charge in [0.15, 0.2) is 0 Å². The van der Waals surface area contributed by atoms with Gasteiger partial charge in [0.1, 0.15) is 24.3 Å². The lowest BCUT2D eigenvalue weighted by Crippen LogP contribution is -2.45. The number of anilines is 1. The Hall–Kier alpha value is -3.01. The molecule has 2 aliphatic rings. The van der Waals surface area contributed by atoms with Crippen molar-refractivity contribution in [2.24, 2.45) is 0 Å². The van der Waals surface area contributed by atoms with Crippen molar-refractivity contribution in [2.75, 3.05) is 19.0 Å². The lowest BCUT2D eigenvalue weighted by Gasteiger charge is -2.33. The zero-order valence-corrected chi connectivity index (χ0v) is 17.0. The van der Waals surface area contributed by atoms with Gasteiger partial charge in [-0.05, 0) is 37.6 Å². The molecule has 0 radical (unpaired) electrons. The lowest BCUT2D eigenvalue weighted by molar-refractivity contribution is -0.152. The molecule has 160 valence electrons. The van der Waals surface area contributed by atoms with E-state index in [-0.39, 0.29) is 31.0 Å². The van der Waals surface area contributed by atoms with Crippen molar-refractivity contribution in [3.8, 4) is 0 Å². The Morgan fingerprint density at radius 3 is 2.87 bits per heavy atom. The summed E-state index contributed by atoms with van der Waals surface area (Å²) in [5, 5.41) is 8.31. The lowest BCUT2D eigenvalue weighted by atomic mass is 9.99. The standard InChI is InChI=1S/C20H23F2N5O3/c1-11-6-13(4-5-16(11)22)23-20(29)26-10-15-17(7-12(26)2)24-27-9-14(8-21)30-25(3)19(28)18(15)27/h4-6,12,14H,7-10H2,1-3H3,(H,23,29). The summed E-state index contributed by atoms with van der Waals surface area (Å²) in [6.07, 6.45) is -0.344. The number of hydrogen-bond donors (Lipinski definition) is 1. The van der Waals surface area contributed by atoms with Crippen LogP contribution in [0.1, 0.15) is 34.2 Å². The van der Waals surface area contributed by atoms with Gasteiger partial charge in [-0.1, -0.05) is 0 Å². The van der Waals surface area contributed by atoms with E-state index in [2.05, 4.69) is 10.4 Å². The first kappa shape index (κ1) is 20.3. The molecule has 0 aliphatic carbocycles. The number of carbonyl (C=O) groups is 2. The van der Waals surface area contributed by atoms with Crippen molar-refractivity contribution in [2.45, 2.75) is 45.5 Å². The molecular weight excluding hydrogens is 396 g/mol. The first-order valence-electron chi connectivity index (χ1n) is 9.71. The number of halogens is 2. The third-order valence-electron chi connectivity index (χ3n) is 5.50. The fraction of sp³-hybridized carbons (Fsp3) is 0.450. The third kappa shape index (κ3) is 3.51. The number of urea groups is 1. The van der Waals surface area contributed by atoms with E-state index < -0.39 is 18.7 Å². The predicted molar refractivity (Wildman–Crippen MR) is 104 cm³/mol. The second kappa shape index (κ2) is 7.67. The molecule has 2 atom stereocenters. The highest BCUT2D eigenvalue weighted by atomic mass is 19.1. The zero-order chi connectivity index (χ0) is 21.6. The molecule has 1 aromatic carbocycles. The summed E-state index contributed by atoms with van der Waals surface area (Å²) in [6, 6.07) is 3.84. The molecule has 2 aliphatic heterocycles. The highest BCUT2D eigenvalue weighted by Gasteiger charge is 2.37. The Morgan fingerprint density at radius 2 is 2.17 bits per heavy atom. The van der Waals surface area contributed by atoms with Gasteiger partial charge in [-0.3, -0.25) is 14.3 Å². The number of nitrogens with one attached hydrogen (secondary N) is 1. The minimum absolute atomic E-state index is 0.115. The predicted octanol–water partition coefficient (Wildman–Crippen LogP) is 2.66. The Balaban J connectivity index is 1.61. The van der Waals surface area contributed by atoms with Crippen molar-refractivity contribution in [1.82, 2.24) is 19.7 Å². The SMILES string of the molecule is Cc1cc(NC(=O)N2Cc3c(nn4c3C(=O)N(C)OC(CF)C4)CC2C)ccc1F. The number of aromatic nitrogens is 2. The van der Waals surface area contributed by atoms with Gasteiger partial charge < -0.3 is 10.2 Å². The molecule has 2 aromatic rings. The van der Waals surface area contributed by atoms with E-state index in [4.69, 9.17) is 4.84 Å². The fourth-order valence-electron chi connectivity index (χ4n) is 3.88. The largest absolute Gasteiger partial charge is 0.322 e. The molecule has 3 amide bonds. The van der Waals surface area contributed by atoms with Gasteiger partial charge in [0, 0.05) is 30.8 Å². The summed E-state index contributed by atoms with van der Waals surface area (Å²) in [6.45, 7) is 3.06. The van der Waals surface area contributed by atoms with Crippen molar-refractivity contribution in [3.63, 3.8) is 0 Å². The molecule has 2 unspecified atom stereocenters. The number of hydrogen-bond acceptors (Lipinski definition) is 4. The van der Waals surface area contributed by atoms with E-state index in [9.17, 15) is 18.4 Å². The number of alkyl halides is 1. The summed E-state index contributed by atoms with van der Waals surface area (Å²) < 4.78 is 28.2. The van der Waals surface area contributed by atoms with Crippen molar-refractivity contribution in [1.29, 1.82) is 0 Å². The summed E-state index contributed by atoms with van der Waals surface area (Å²) in [7, 11) is 1.44. The Labute approximate surface area is 172 Å². The number of amides is 3. The molecule has 0 saturated carbocycles. The van der Waals surface area contributed by atoms with Crippen molar-refractivity contribution < 1.29 is 23.2 Å². The van der Waals surface area contributed by atoms with Crippen molar-refractivity contribution >= 4 is 17.6 Å². The van der Waals surface area contributed by atoms with E-state index in [1.165, 1.54) is 23.9 Å². The highest BCUT2D eigenvalue weighted by molar-refractivity contribution is 5.94. The molecule has 8 nitrogen and oxygen atoms in total. The minimum atomic E-state index is -0.805. The number of fused-ring (bicyclic) bond motifs is 3. The van der Waals surface area contributed by atoms with Gasteiger partial charge in [0.05, 0.1) is 18.8 Å². The Kier molecular flexibility index (Phi) is 5.19. The highest BCUT2D eigenvalue weighted by Crippen LogP contribution is 2.29. The Bertz CT molecular complexity index is 1010. The first-order valence-corrected chi connectivity index (χ1v) is 9.71. The summed E-state index contributed by atoms with van der Waals surface area (Å²) >= 11 is 0. The number of hydroxylamine groups is 2. The van der Waals surface area contributed by atoms with E-state index in [1.807, 2.05) is 6.92 Å². The van der Waals surface area contributed by atoms with Crippen LogP contribution in [-0.2, 0) is 24.3 Å². The number of rotatable bonds is 2.